The average molecular weight is 339 g/mol. The fourth-order valence-corrected chi connectivity index (χ4v) is 2.96. The zero-order chi connectivity index (χ0) is 17.6. The Morgan fingerprint density at radius 2 is 1.88 bits per heavy atom. The normalized spacial score (nSPS) is 13.8. The number of hydrogen-bond donors (Lipinski definition) is 2. The summed E-state index contributed by atoms with van der Waals surface area (Å²) in [6, 6.07) is 9.60. The standard InChI is InChI=1S/C19H25N5O/c1-3-15-6-8-16(9-7-15)22-19(25)20-13-17-21-14(2)12-18(23-17)24-10-4-5-11-24/h6-9,12H,3-5,10-11,13H2,1-2H3,(H2,20,22,25). The highest BCUT2D eigenvalue weighted by molar-refractivity contribution is 5.89. The van der Waals surface area contributed by atoms with Crippen LogP contribution in [0.4, 0.5) is 16.3 Å². The van der Waals surface area contributed by atoms with Gasteiger partial charge in [-0.1, -0.05) is 19.1 Å². The van der Waals surface area contributed by atoms with Crippen LogP contribution in [0.5, 0.6) is 0 Å². The van der Waals surface area contributed by atoms with Gasteiger partial charge in [0.25, 0.3) is 0 Å². The van der Waals surface area contributed by atoms with Gasteiger partial charge in [0.1, 0.15) is 11.6 Å². The Labute approximate surface area is 148 Å². The minimum absolute atomic E-state index is 0.253. The highest BCUT2D eigenvalue weighted by Crippen LogP contribution is 2.18. The van der Waals surface area contributed by atoms with Crippen LogP contribution in [0.15, 0.2) is 30.3 Å². The predicted molar refractivity (Wildman–Crippen MR) is 99.9 cm³/mol. The molecule has 1 aliphatic rings. The van der Waals surface area contributed by atoms with E-state index in [0.717, 1.165) is 36.7 Å². The lowest BCUT2D eigenvalue weighted by Gasteiger charge is -2.17. The number of carbonyl (C=O) groups is 1. The van der Waals surface area contributed by atoms with Crippen molar-refractivity contribution >= 4 is 17.5 Å². The fraction of sp³-hybridized carbons (Fsp3) is 0.421. The smallest absolute Gasteiger partial charge is 0.319 e. The van der Waals surface area contributed by atoms with Gasteiger partial charge in [0.2, 0.25) is 0 Å². The van der Waals surface area contributed by atoms with Crippen molar-refractivity contribution in [3.05, 3.63) is 47.4 Å². The van der Waals surface area contributed by atoms with E-state index in [9.17, 15) is 4.79 Å². The number of amides is 2. The van der Waals surface area contributed by atoms with Crippen molar-refractivity contribution < 1.29 is 4.79 Å². The van der Waals surface area contributed by atoms with Crippen LogP contribution in [-0.2, 0) is 13.0 Å². The van der Waals surface area contributed by atoms with E-state index in [0.29, 0.717) is 12.4 Å². The van der Waals surface area contributed by atoms with Gasteiger partial charge in [0, 0.05) is 30.5 Å². The number of aromatic nitrogens is 2. The van der Waals surface area contributed by atoms with Crippen LogP contribution >= 0.6 is 0 Å². The maximum atomic E-state index is 12.1. The Morgan fingerprint density at radius 1 is 1.16 bits per heavy atom. The third-order valence-corrected chi connectivity index (χ3v) is 4.34. The Kier molecular flexibility index (Phi) is 5.48. The van der Waals surface area contributed by atoms with Crippen molar-refractivity contribution in [2.75, 3.05) is 23.3 Å². The summed E-state index contributed by atoms with van der Waals surface area (Å²) in [5.74, 6) is 1.59. The van der Waals surface area contributed by atoms with Gasteiger partial charge in [-0.2, -0.15) is 0 Å². The first-order valence-electron chi connectivity index (χ1n) is 8.87. The number of hydrogen-bond acceptors (Lipinski definition) is 4. The van der Waals surface area contributed by atoms with Crippen LogP contribution in [0.2, 0.25) is 0 Å². The van der Waals surface area contributed by atoms with E-state index < -0.39 is 0 Å². The first-order valence-corrected chi connectivity index (χ1v) is 8.87. The molecule has 2 N–H and O–H groups in total. The van der Waals surface area contributed by atoms with Crippen LogP contribution in [0.3, 0.4) is 0 Å². The first kappa shape index (κ1) is 17.2. The zero-order valence-corrected chi connectivity index (χ0v) is 14.9. The van der Waals surface area contributed by atoms with Crippen molar-refractivity contribution in [2.45, 2.75) is 39.7 Å². The highest BCUT2D eigenvalue weighted by atomic mass is 16.2. The van der Waals surface area contributed by atoms with Gasteiger partial charge in [0.15, 0.2) is 0 Å². The molecule has 0 aliphatic carbocycles. The second-order valence-corrected chi connectivity index (χ2v) is 6.34. The predicted octanol–water partition coefficient (Wildman–Crippen LogP) is 3.27. The highest BCUT2D eigenvalue weighted by Gasteiger charge is 2.15. The maximum Gasteiger partial charge on any atom is 0.319 e. The van der Waals surface area contributed by atoms with Crippen molar-refractivity contribution in [1.29, 1.82) is 0 Å². The SMILES string of the molecule is CCc1ccc(NC(=O)NCc2nc(C)cc(N3CCCC3)n2)cc1. The van der Waals surface area contributed by atoms with E-state index in [-0.39, 0.29) is 6.03 Å². The van der Waals surface area contributed by atoms with Gasteiger partial charge in [0.05, 0.1) is 6.54 Å². The Hall–Kier alpha value is -2.63. The zero-order valence-electron chi connectivity index (χ0n) is 14.9. The molecule has 25 heavy (non-hydrogen) atoms. The van der Waals surface area contributed by atoms with Crippen molar-refractivity contribution in [3.63, 3.8) is 0 Å². The summed E-state index contributed by atoms with van der Waals surface area (Å²) >= 11 is 0. The molecule has 2 amide bonds. The molecule has 1 aromatic carbocycles. The summed E-state index contributed by atoms with van der Waals surface area (Å²) in [7, 11) is 0. The number of urea groups is 1. The van der Waals surface area contributed by atoms with Gasteiger partial charge < -0.3 is 15.5 Å². The van der Waals surface area contributed by atoms with Crippen LogP contribution in [-0.4, -0.2) is 29.1 Å². The van der Waals surface area contributed by atoms with E-state index >= 15 is 0 Å². The second-order valence-electron chi connectivity index (χ2n) is 6.34. The van der Waals surface area contributed by atoms with E-state index in [4.69, 9.17) is 0 Å². The fourth-order valence-electron chi connectivity index (χ4n) is 2.96. The molecule has 1 fully saturated rings. The summed E-state index contributed by atoms with van der Waals surface area (Å²) in [5.41, 5.74) is 2.94. The van der Waals surface area contributed by atoms with Crippen molar-refractivity contribution in [2.24, 2.45) is 0 Å². The molecule has 6 heteroatoms. The van der Waals surface area contributed by atoms with E-state index in [1.165, 1.54) is 18.4 Å². The van der Waals surface area contributed by atoms with Gasteiger partial charge in [-0.25, -0.2) is 14.8 Å². The lowest BCUT2D eigenvalue weighted by molar-refractivity contribution is 0.251. The van der Waals surface area contributed by atoms with Crippen molar-refractivity contribution in [1.82, 2.24) is 15.3 Å². The van der Waals surface area contributed by atoms with Crippen LogP contribution in [0, 0.1) is 6.92 Å². The molecule has 1 aromatic heterocycles. The molecule has 0 atom stereocenters. The monoisotopic (exact) mass is 339 g/mol. The number of carbonyl (C=O) groups excluding carboxylic acids is 1. The van der Waals surface area contributed by atoms with Gasteiger partial charge >= 0.3 is 6.03 Å². The number of benzene rings is 1. The van der Waals surface area contributed by atoms with Gasteiger partial charge in [-0.3, -0.25) is 0 Å². The Bertz CT molecular complexity index is 723. The Morgan fingerprint density at radius 3 is 2.56 bits per heavy atom. The molecule has 6 nitrogen and oxygen atoms in total. The molecule has 132 valence electrons. The molecule has 0 radical (unpaired) electrons. The molecule has 0 unspecified atom stereocenters. The van der Waals surface area contributed by atoms with E-state index in [1.807, 2.05) is 37.3 Å². The summed E-state index contributed by atoms with van der Waals surface area (Å²) in [5, 5.41) is 5.66. The average Bonchev–Trinajstić information content (AvgIpc) is 3.15. The maximum absolute atomic E-state index is 12.1. The lowest BCUT2D eigenvalue weighted by atomic mass is 10.1. The molecular formula is C19H25N5O. The second kappa shape index (κ2) is 7.96. The minimum Gasteiger partial charge on any atom is -0.357 e. The number of anilines is 2. The third-order valence-electron chi connectivity index (χ3n) is 4.34. The van der Waals surface area contributed by atoms with Crippen molar-refractivity contribution in [3.8, 4) is 0 Å². The third kappa shape index (κ3) is 4.68. The first-order chi connectivity index (χ1) is 12.1. The lowest BCUT2D eigenvalue weighted by Crippen LogP contribution is -2.29. The molecular weight excluding hydrogens is 314 g/mol. The molecule has 1 aliphatic heterocycles. The summed E-state index contributed by atoms with van der Waals surface area (Å²) in [6.45, 7) is 6.45. The Balaban J connectivity index is 1.57. The summed E-state index contributed by atoms with van der Waals surface area (Å²) in [6.07, 6.45) is 3.39. The minimum atomic E-state index is -0.253. The number of aryl methyl sites for hydroxylation is 2. The topological polar surface area (TPSA) is 70.2 Å². The van der Waals surface area contributed by atoms with E-state index in [2.05, 4.69) is 32.4 Å². The van der Waals surface area contributed by atoms with Crippen LogP contribution in [0.25, 0.3) is 0 Å². The molecule has 3 rings (SSSR count). The molecule has 2 heterocycles. The molecule has 2 aromatic rings. The largest absolute Gasteiger partial charge is 0.357 e. The number of nitrogens with zero attached hydrogens (tertiary/aromatic N) is 3. The molecule has 0 spiro atoms. The quantitative estimate of drug-likeness (QED) is 0.877. The molecule has 0 bridgehead atoms. The number of nitrogens with one attached hydrogen (secondary N) is 2. The number of rotatable bonds is 5. The summed E-state index contributed by atoms with van der Waals surface area (Å²) in [4.78, 5) is 23.4. The molecule has 0 saturated carbocycles. The summed E-state index contributed by atoms with van der Waals surface area (Å²) < 4.78 is 0. The van der Waals surface area contributed by atoms with Crippen LogP contribution < -0.4 is 15.5 Å². The van der Waals surface area contributed by atoms with Gasteiger partial charge in [-0.15, -0.1) is 0 Å². The van der Waals surface area contributed by atoms with Crippen LogP contribution in [0.1, 0.15) is 36.8 Å². The molecule has 1 saturated heterocycles. The van der Waals surface area contributed by atoms with E-state index in [1.54, 1.807) is 0 Å². The van der Waals surface area contributed by atoms with Gasteiger partial charge in [-0.05, 0) is 43.9 Å².